The van der Waals surface area contributed by atoms with Crippen molar-refractivity contribution in [2.24, 2.45) is 11.8 Å². The van der Waals surface area contributed by atoms with Crippen LogP contribution in [0.5, 0.6) is 5.75 Å². The van der Waals surface area contributed by atoms with Crippen molar-refractivity contribution in [2.75, 3.05) is 26.2 Å². The molecule has 3 aliphatic rings. The molecule has 1 aromatic rings. The third-order valence-corrected chi connectivity index (χ3v) is 6.00. The average Bonchev–Trinajstić information content (AvgIpc) is 3.40. The molecule has 3 atom stereocenters. The average molecular weight is 398 g/mol. The summed E-state index contributed by atoms with van der Waals surface area (Å²) in [7, 11) is 0. The van der Waals surface area contributed by atoms with Crippen LogP contribution in [0.4, 0.5) is 18.0 Å². The second-order valence-corrected chi connectivity index (χ2v) is 7.67. The molecule has 1 aromatic carbocycles. The van der Waals surface area contributed by atoms with Crippen LogP contribution in [0, 0.1) is 11.8 Å². The van der Waals surface area contributed by atoms with E-state index in [-0.39, 0.29) is 42.1 Å². The minimum atomic E-state index is -4.72. The molecule has 1 aliphatic carbocycles. The predicted molar refractivity (Wildman–Crippen MR) is 91.6 cm³/mol. The van der Waals surface area contributed by atoms with E-state index in [9.17, 15) is 22.8 Å². The number of amides is 2. The zero-order chi connectivity index (χ0) is 19.9. The van der Waals surface area contributed by atoms with Gasteiger partial charge in [0.2, 0.25) is 5.91 Å². The Balaban J connectivity index is 1.41. The number of cyclic esters (lactones) is 1. The Bertz CT molecular complexity index is 785. The van der Waals surface area contributed by atoms with Crippen LogP contribution in [-0.2, 0) is 14.9 Å². The molecule has 1 saturated carbocycles. The first kappa shape index (κ1) is 18.9. The number of fused-ring (bicyclic) bond motifs is 1. The fourth-order valence-electron chi connectivity index (χ4n) is 4.44. The highest BCUT2D eigenvalue weighted by molar-refractivity contribution is 5.80. The summed E-state index contributed by atoms with van der Waals surface area (Å²) in [6.45, 7) is 1.61. The van der Waals surface area contributed by atoms with Crippen molar-refractivity contribution in [2.45, 2.75) is 31.0 Å². The summed E-state index contributed by atoms with van der Waals surface area (Å²) in [6, 6.07) is 6.17. The molecule has 2 aliphatic heterocycles. The predicted octanol–water partition coefficient (Wildman–Crippen LogP) is 2.82. The van der Waals surface area contributed by atoms with E-state index >= 15 is 0 Å². The van der Waals surface area contributed by atoms with Crippen molar-refractivity contribution in [3.8, 4) is 5.75 Å². The zero-order valence-electron chi connectivity index (χ0n) is 15.1. The topological polar surface area (TPSA) is 67.9 Å². The number of nitrogens with one attached hydrogen (secondary N) is 1. The fourth-order valence-corrected chi connectivity index (χ4v) is 4.44. The van der Waals surface area contributed by atoms with Crippen LogP contribution in [0.15, 0.2) is 24.3 Å². The molecule has 0 unspecified atom stereocenters. The number of hydrogen-bond acceptors (Lipinski definition) is 4. The van der Waals surface area contributed by atoms with E-state index < -0.39 is 12.5 Å². The normalized spacial score (nSPS) is 29.8. The Morgan fingerprint density at radius 2 is 2.18 bits per heavy atom. The lowest BCUT2D eigenvalue weighted by Crippen LogP contribution is -2.45. The van der Waals surface area contributed by atoms with E-state index in [1.807, 2.05) is 11.0 Å². The van der Waals surface area contributed by atoms with E-state index in [1.54, 1.807) is 6.07 Å². The van der Waals surface area contributed by atoms with Gasteiger partial charge in [0.15, 0.2) is 0 Å². The minimum Gasteiger partial charge on any atom is -0.450 e. The van der Waals surface area contributed by atoms with Gasteiger partial charge in [0.05, 0.1) is 12.5 Å². The highest BCUT2D eigenvalue weighted by atomic mass is 19.4. The molecule has 0 radical (unpaired) electrons. The number of hydrogen-bond donors (Lipinski definition) is 1. The molecule has 2 amide bonds. The molecule has 3 fully saturated rings. The van der Waals surface area contributed by atoms with Crippen LogP contribution in [0.1, 0.15) is 24.8 Å². The van der Waals surface area contributed by atoms with Crippen molar-refractivity contribution in [3.05, 3.63) is 29.8 Å². The third-order valence-electron chi connectivity index (χ3n) is 6.00. The molecule has 9 heteroatoms. The maximum atomic E-state index is 12.8. The molecule has 1 N–H and O–H groups in total. The Kier molecular flexibility index (Phi) is 4.63. The lowest BCUT2D eigenvalue weighted by molar-refractivity contribution is -0.274. The van der Waals surface area contributed by atoms with Crippen molar-refractivity contribution >= 4 is 12.0 Å². The van der Waals surface area contributed by atoms with Crippen LogP contribution in [-0.4, -0.2) is 49.5 Å². The highest BCUT2D eigenvalue weighted by Gasteiger charge is 2.58. The summed E-state index contributed by atoms with van der Waals surface area (Å²) in [4.78, 5) is 25.9. The number of carbonyl (C=O) groups is 2. The number of alkyl carbamates (subject to hydrolysis) is 1. The summed E-state index contributed by atoms with van der Waals surface area (Å²) < 4.78 is 46.4. The number of halogens is 3. The second-order valence-electron chi connectivity index (χ2n) is 7.67. The van der Waals surface area contributed by atoms with Crippen LogP contribution < -0.4 is 10.1 Å². The van der Waals surface area contributed by atoms with E-state index in [0.29, 0.717) is 25.9 Å². The Morgan fingerprint density at radius 1 is 1.36 bits per heavy atom. The molecule has 0 aromatic heterocycles. The SMILES string of the molecule is O=C1NC[C@H](C(=O)N2CC[C@@]3(c4cccc(OC(F)(F)F)c4)C[C@H]3C2)CCO1. The van der Waals surface area contributed by atoms with Gasteiger partial charge >= 0.3 is 12.5 Å². The lowest BCUT2D eigenvalue weighted by atomic mass is 9.86. The van der Waals surface area contributed by atoms with E-state index in [4.69, 9.17) is 4.74 Å². The van der Waals surface area contributed by atoms with Gasteiger partial charge in [-0.2, -0.15) is 0 Å². The lowest BCUT2D eigenvalue weighted by Gasteiger charge is -2.34. The van der Waals surface area contributed by atoms with Gasteiger partial charge in [0.25, 0.3) is 0 Å². The van der Waals surface area contributed by atoms with Gasteiger partial charge in [0.1, 0.15) is 5.75 Å². The molecule has 2 saturated heterocycles. The fraction of sp³-hybridized carbons (Fsp3) is 0.579. The van der Waals surface area contributed by atoms with Crippen molar-refractivity contribution < 1.29 is 32.2 Å². The van der Waals surface area contributed by atoms with E-state index in [2.05, 4.69) is 10.1 Å². The number of likely N-dealkylation sites (tertiary alicyclic amines) is 1. The van der Waals surface area contributed by atoms with E-state index in [0.717, 1.165) is 12.0 Å². The van der Waals surface area contributed by atoms with Gasteiger partial charge < -0.3 is 19.7 Å². The number of benzene rings is 1. The quantitative estimate of drug-likeness (QED) is 0.850. The standard InChI is InChI=1S/C19H21F3N2O4/c20-19(21,22)28-15-3-1-2-13(8-15)18-5-6-24(11-14(18)9-18)16(25)12-4-7-27-17(26)23-10-12/h1-3,8,12,14H,4-7,9-11H2,(H,23,26)/t12-,14+,18+/m1/s1. The number of nitrogens with zero attached hydrogens (tertiary/aromatic N) is 1. The smallest absolute Gasteiger partial charge is 0.450 e. The first-order chi connectivity index (χ1) is 13.3. The molecule has 0 bridgehead atoms. The summed E-state index contributed by atoms with van der Waals surface area (Å²) in [5.74, 6) is -0.289. The molecule has 2 heterocycles. The van der Waals surface area contributed by atoms with Gasteiger partial charge in [-0.15, -0.1) is 13.2 Å². The third kappa shape index (κ3) is 3.74. The Labute approximate surface area is 160 Å². The van der Waals surface area contributed by atoms with Gasteiger partial charge in [-0.05, 0) is 42.9 Å². The van der Waals surface area contributed by atoms with E-state index in [1.165, 1.54) is 12.1 Å². The molecule has 4 rings (SSSR count). The monoisotopic (exact) mass is 398 g/mol. The summed E-state index contributed by atoms with van der Waals surface area (Å²) in [6.07, 6.45) is -3.19. The molecule has 0 spiro atoms. The van der Waals surface area contributed by atoms with Gasteiger partial charge in [-0.25, -0.2) is 4.79 Å². The van der Waals surface area contributed by atoms with Crippen LogP contribution in [0.25, 0.3) is 0 Å². The molecule has 28 heavy (non-hydrogen) atoms. The first-order valence-electron chi connectivity index (χ1n) is 9.32. The van der Waals surface area contributed by atoms with Gasteiger partial charge in [0, 0.05) is 25.0 Å². The number of ether oxygens (including phenoxy) is 2. The van der Waals surface area contributed by atoms with Crippen molar-refractivity contribution in [1.82, 2.24) is 10.2 Å². The molecule has 6 nitrogen and oxygen atoms in total. The maximum Gasteiger partial charge on any atom is 0.573 e. The zero-order valence-corrected chi connectivity index (χ0v) is 15.1. The Hall–Kier alpha value is -2.45. The minimum absolute atomic E-state index is 0.000422. The summed E-state index contributed by atoms with van der Waals surface area (Å²) in [5.41, 5.74) is 0.657. The van der Waals surface area contributed by atoms with Crippen molar-refractivity contribution in [1.29, 1.82) is 0 Å². The maximum absolute atomic E-state index is 12.8. The first-order valence-corrected chi connectivity index (χ1v) is 9.32. The Morgan fingerprint density at radius 3 is 2.93 bits per heavy atom. The number of alkyl halides is 3. The molecular weight excluding hydrogens is 377 g/mol. The van der Waals surface area contributed by atoms with Gasteiger partial charge in [-0.1, -0.05) is 12.1 Å². The number of piperidine rings is 1. The summed E-state index contributed by atoms with van der Waals surface area (Å²) in [5, 5.41) is 2.58. The van der Waals surface area contributed by atoms with Crippen LogP contribution in [0.3, 0.4) is 0 Å². The highest BCUT2D eigenvalue weighted by Crippen LogP contribution is 2.59. The van der Waals surface area contributed by atoms with Gasteiger partial charge in [-0.3, -0.25) is 4.79 Å². The summed E-state index contributed by atoms with van der Waals surface area (Å²) >= 11 is 0. The molecular formula is C19H21F3N2O4. The van der Waals surface area contributed by atoms with Crippen molar-refractivity contribution in [3.63, 3.8) is 0 Å². The van der Waals surface area contributed by atoms with Crippen LogP contribution >= 0.6 is 0 Å². The van der Waals surface area contributed by atoms with Crippen LogP contribution in [0.2, 0.25) is 0 Å². The number of carbonyl (C=O) groups excluding carboxylic acids is 2. The largest absolute Gasteiger partial charge is 0.573 e. The number of rotatable bonds is 3. The second kappa shape index (κ2) is 6.86. The molecule has 152 valence electrons.